The van der Waals surface area contributed by atoms with Gasteiger partial charge in [0.25, 0.3) is 5.91 Å². The van der Waals surface area contributed by atoms with Gasteiger partial charge in [-0.15, -0.1) is 10.2 Å². The molecule has 2 aromatic carbocycles. The summed E-state index contributed by atoms with van der Waals surface area (Å²) < 4.78 is 6.00. The number of carbonyl (C=O) groups is 1. The molecular formula is C18H15BrN4O2. The molecule has 0 aliphatic heterocycles. The highest BCUT2D eigenvalue weighted by molar-refractivity contribution is 9.10. The first-order chi connectivity index (χ1) is 12.2. The van der Waals surface area contributed by atoms with Crippen LogP contribution in [0.5, 0.6) is 5.75 Å². The summed E-state index contributed by atoms with van der Waals surface area (Å²) in [6.07, 6.45) is 0. The average Bonchev–Trinajstić information content (AvgIpc) is 2.65. The van der Waals surface area contributed by atoms with Crippen LogP contribution in [0.4, 0.5) is 17.3 Å². The van der Waals surface area contributed by atoms with Crippen molar-refractivity contribution >= 4 is 39.2 Å². The summed E-state index contributed by atoms with van der Waals surface area (Å²) in [5, 5.41) is 13.9. The van der Waals surface area contributed by atoms with Crippen LogP contribution in [0.1, 0.15) is 10.4 Å². The summed E-state index contributed by atoms with van der Waals surface area (Å²) >= 11 is 3.46. The maximum atomic E-state index is 12.2. The number of aromatic nitrogens is 2. The molecule has 6 nitrogen and oxygen atoms in total. The molecule has 1 aromatic heterocycles. The molecule has 0 saturated carbocycles. The summed E-state index contributed by atoms with van der Waals surface area (Å²) in [6.45, 7) is 0. The molecule has 126 valence electrons. The lowest BCUT2D eigenvalue weighted by atomic mass is 10.2. The third-order valence-electron chi connectivity index (χ3n) is 3.39. The molecule has 3 rings (SSSR count). The van der Waals surface area contributed by atoms with Crippen LogP contribution in [0.3, 0.4) is 0 Å². The molecule has 1 heterocycles. The van der Waals surface area contributed by atoms with Crippen molar-refractivity contribution < 1.29 is 9.53 Å². The standard InChI is InChI=1S/C18H15BrN4O2/c1-25-13-8-6-12(7-9-13)18(24)21-17-11-10-16(22-23-17)20-15-5-3-2-4-14(15)19/h2-11H,1H3,(H,20,22)(H,21,23,24). The molecule has 3 aromatic rings. The second kappa shape index (κ2) is 7.76. The van der Waals surface area contributed by atoms with Gasteiger partial charge in [0.1, 0.15) is 5.75 Å². The van der Waals surface area contributed by atoms with Crippen LogP contribution in [0, 0.1) is 0 Å². The van der Waals surface area contributed by atoms with E-state index in [2.05, 4.69) is 36.8 Å². The third kappa shape index (κ3) is 4.33. The SMILES string of the molecule is COc1ccc(C(=O)Nc2ccc(Nc3ccccc3Br)nn2)cc1. The van der Waals surface area contributed by atoms with Gasteiger partial charge in [0.05, 0.1) is 12.8 Å². The minimum Gasteiger partial charge on any atom is -0.497 e. The van der Waals surface area contributed by atoms with Crippen molar-refractivity contribution in [1.82, 2.24) is 10.2 Å². The maximum Gasteiger partial charge on any atom is 0.256 e. The van der Waals surface area contributed by atoms with E-state index in [1.807, 2.05) is 24.3 Å². The van der Waals surface area contributed by atoms with Gasteiger partial charge in [0, 0.05) is 10.0 Å². The fraction of sp³-hybridized carbons (Fsp3) is 0.0556. The first-order valence-corrected chi connectivity index (χ1v) is 8.26. The van der Waals surface area contributed by atoms with E-state index in [1.54, 1.807) is 43.5 Å². The van der Waals surface area contributed by atoms with E-state index in [0.29, 0.717) is 22.9 Å². The van der Waals surface area contributed by atoms with E-state index in [0.717, 1.165) is 10.2 Å². The molecule has 0 bridgehead atoms. The van der Waals surface area contributed by atoms with E-state index in [-0.39, 0.29) is 5.91 Å². The summed E-state index contributed by atoms with van der Waals surface area (Å²) in [5.41, 5.74) is 1.39. The van der Waals surface area contributed by atoms with Crippen molar-refractivity contribution in [3.8, 4) is 5.75 Å². The van der Waals surface area contributed by atoms with Gasteiger partial charge in [0.15, 0.2) is 11.6 Å². The van der Waals surface area contributed by atoms with Crippen LogP contribution in [0.2, 0.25) is 0 Å². The molecule has 0 unspecified atom stereocenters. The van der Waals surface area contributed by atoms with Gasteiger partial charge in [-0.2, -0.15) is 0 Å². The third-order valence-corrected chi connectivity index (χ3v) is 4.09. The monoisotopic (exact) mass is 398 g/mol. The van der Waals surface area contributed by atoms with Gasteiger partial charge in [0.2, 0.25) is 0 Å². The topological polar surface area (TPSA) is 76.1 Å². The highest BCUT2D eigenvalue weighted by Crippen LogP contribution is 2.24. The van der Waals surface area contributed by atoms with Gasteiger partial charge in [-0.05, 0) is 64.5 Å². The predicted octanol–water partition coefficient (Wildman–Crippen LogP) is 4.24. The van der Waals surface area contributed by atoms with E-state index in [1.165, 1.54) is 0 Å². The number of methoxy groups -OCH3 is 1. The lowest BCUT2D eigenvalue weighted by Gasteiger charge is -2.08. The second-order valence-electron chi connectivity index (χ2n) is 5.09. The Morgan fingerprint density at radius 3 is 2.28 bits per heavy atom. The minimum atomic E-state index is -0.261. The van der Waals surface area contributed by atoms with E-state index in [4.69, 9.17) is 4.74 Å². The van der Waals surface area contributed by atoms with E-state index >= 15 is 0 Å². The summed E-state index contributed by atoms with van der Waals surface area (Å²) in [6, 6.07) is 18.0. The number of rotatable bonds is 5. The Labute approximate surface area is 153 Å². The summed E-state index contributed by atoms with van der Waals surface area (Å²) in [5.74, 6) is 1.38. The fourth-order valence-corrected chi connectivity index (χ4v) is 2.48. The van der Waals surface area contributed by atoms with Gasteiger partial charge in [-0.25, -0.2) is 0 Å². The summed E-state index contributed by atoms with van der Waals surface area (Å²) in [4.78, 5) is 12.2. The zero-order valence-electron chi connectivity index (χ0n) is 13.4. The molecule has 0 radical (unpaired) electrons. The highest BCUT2D eigenvalue weighted by atomic mass is 79.9. The molecule has 0 saturated heterocycles. The Kier molecular flexibility index (Phi) is 5.25. The van der Waals surface area contributed by atoms with Gasteiger partial charge >= 0.3 is 0 Å². The number of hydrogen-bond acceptors (Lipinski definition) is 5. The van der Waals surface area contributed by atoms with Crippen molar-refractivity contribution in [1.29, 1.82) is 0 Å². The van der Waals surface area contributed by atoms with Crippen LogP contribution in [0.15, 0.2) is 65.1 Å². The predicted molar refractivity (Wildman–Crippen MR) is 100 cm³/mol. The fourth-order valence-electron chi connectivity index (χ4n) is 2.10. The number of amides is 1. The van der Waals surface area contributed by atoms with Crippen LogP contribution in [-0.4, -0.2) is 23.2 Å². The van der Waals surface area contributed by atoms with Gasteiger partial charge < -0.3 is 15.4 Å². The zero-order valence-corrected chi connectivity index (χ0v) is 14.9. The smallest absolute Gasteiger partial charge is 0.256 e. The lowest BCUT2D eigenvalue weighted by molar-refractivity contribution is 0.102. The van der Waals surface area contributed by atoms with Crippen molar-refractivity contribution in [2.75, 3.05) is 17.7 Å². The number of para-hydroxylation sites is 1. The van der Waals surface area contributed by atoms with Crippen LogP contribution < -0.4 is 15.4 Å². The highest BCUT2D eigenvalue weighted by Gasteiger charge is 2.08. The molecule has 0 aliphatic carbocycles. The molecule has 0 aliphatic rings. The van der Waals surface area contributed by atoms with Gasteiger partial charge in [-0.1, -0.05) is 12.1 Å². The molecule has 1 amide bonds. The number of carbonyl (C=O) groups excluding carboxylic acids is 1. The zero-order chi connectivity index (χ0) is 17.6. The number of anilines is 3. The number of halogens is 1. The molecule has 0 fully saturated rings. The van der Waals surface area contributed by atoms with Gasteiger partial charge in [-0.3, -0.25) is 4.79 Å². The Morgan fingerprint density at radius 1 is 0.960 bits per heavy atom. The molecule has 25 heavy (non-hydrogen) atoms. The number of hydrogen-bond donors (Lipinski definition) is 2. The van der Waals surface area contributed by atoms with Crippen molar-refractivity contribution in [2.45, 2.75) is 0 Å². The van der Waals surface area contributed by atoms with Crippen molar-refractivity contribution in [3.63, 3.8) is 0 Å². The van der Waals surface area contributed by atoms with Crippen LogP contribution in [0.25, 0.3) is 0 Å². The largest absolute Gasteiger partial charge is 0.497 e. The van der Waals surface area contributed by atoms with Crippen molar-refractivity contribution in [2.24, 2.45) is 0 Å². The van der Waals surface area contributed by atoms with Crippen LogP contribution in [-0.2, 0) is 0 Å². The normalized spacial score (nSPS) is 10.2. The van der Waals surface area contributed by atoms with E-state index in [9.17, 15) is 4.79 Å². The maximum absolute atomic E-state index is 12.2. The van der Waals surface area contributed by atoms with Crippen molar-refractivity contribution in [3.05, 3.63) is 70.7 Å². The summed E-state index contributed by atoms with van der Waals surface area (Å²) in [7, 11) is 1.58. The number of benzene rings is 2. The molecule has 0 spiro atoms. The Morgan fingerprint density at radius 2 is 1.64 bits per heavy atom. The lowest BCUT2D eigenvalue weighted by Crippen LogP contribution is -2.13. The first-order valence-electron chi connectivity index (χ1n) is 7.46. The number of nitrogens with one attached hydrogen (secondary N) is 2. The minimum absolute atomic E-state index is 0.261. The average molecular weight is 399 g/mol. The van der Waals surface area contributed by atoms with E-state index < -0.39 is 0 Å². The Balaban J connectivity index is 1.65. The first kappa shape index (κ1) is 16.9. The molecule has 2 N–H and O–H groups in total. The quantitative estimate of drug-likeness (QED) is 0.671. The molecule has 0 atom stereocenters. The van der Waals surface area contributed by atoms with Crippen LogP contribution >= 0.6 is 15.9 Å². The molecular weight excluding hydrogens is 384 g/mol. The Hall–Kier alpha value is -2.93. The number of ether oxygens (including phenoxy) is 1. The second-order valence-corrected chi connectivity index (χ2v) is 5.95. The molecule has 7 heteroatoms. The number of nitrogens with zero attached hydrogens (tertiary/aromatic N) is 2. The Bertz CT molecular complexity index is 867.